The zero-order valence-corrected chi connectivity index (χ0v) is 8.33. The van der Waals surface area contributed by atoms with Crippen molar-refractivity contribution in [1.29, 1.82) is 0 Å². The minimum absolute atomic E-state index is 0.0767. The third-order valence-corrected chi connectivity index (χ3v) is 2.05. The fraction of sp³-hybridized carbons (Fsp3) is 0.500. The molecule has 0 atom stereocenters. The zero-order valence-electron chi connectivity index (χ0n) is 6.74. The lowest BCUT2D eigenvalue weighted by Gasteiger charge is -2.15. The van der Waals surface area contributed by atoms with Crippen molar-refractivity contribution in [3.8, 4) is 0 Å². The summed E-state index contributed by atoms with van der Waals surface area (Å²) in [5.74, 6) is 0. The van der Waals surface area contributed by atoms with Crippen LogP contribution < -0.4 is 0 Å². The fourth-order valence-corrected chi connectivity index (χ4v) is 1.72. The van der Waals surface area contributed by atoms with Crippen molar-refractivity contribution in [2.75, 3.05) is 0 Å². The Balaban J connectivity index is 3.13. The predicted octanol–water partition coefficient (Wildman–Crippen LogP) is 3.48. The Morgan fingerprint density at radius 3 is 2.18 bits per heavy atom. The van der Waals surface area contributed by atoms with Gasteiger partial charge in [0.05, 0.1) is 0 Å². The summed E-state index contributed by atoms with van der Waals surface area (Å²) in [6.45, 7) is 6.01. The summed E-state index contributed by atoms with van der Waals surface area (Å²) in [7, 11) is 0. The van der Waals surface area contributed by atoms with Crippen LogP contribution in [0.3, 0.4) is 0 Å². The highest BCUT2D eigenvalue weighted by atomic mass is 79.9. The third kappa shape index (κ3) is 1.83. The molecule has 0 aromatic carbocycles. The molecule has 0 spiro atoms. The number of furan rings is 1. The third-order valence-electron chi connectivity index (χ3n) is 1.46. The Kier molecular flexibility index (Phi) is 2.10. The molecule has 0 unspecified atom stereocenters. The van der Waals surface area contributed by atoms with Gasteiger partial charge in [0.25, 0.3) is 6.01 Å². The molecule has 0 radical (unpaired) electrons. The van der Waals surface area contributed by atoms with Crippen LogP contribution in [-0.4, -0.2) is 0 Å². The molecule has 0 saturated heterocycles. The average molecular weight is 221 g/mol. The first kappa shape index (κ1) is 8.78. The molecular formula is C8H10BrFO. The van der Waals surface area contributed by atoms with E-state index in [0.29, 0.717) is 4.67 Å². The van der Waals surface area contributed by atoms with Crippen LogP contribution in [0.1, 0.15) is 26.3 Å². The summed E-state index contributed by atoms with van der Waals surface area (Å²) in [6, 6.07) is 0.867. The van der Waals surface area contributed by atoms with Crippen LogP contribution in [0.25, 0.3) is 0 Å². The predicted molar refractivity (Wildman–Crippen MR) is 45.1 cm³/mol. The molecule has 0 saturated carbocycles. The molecular weight excluding hydrogens is 211 g/mol. The molecule has 0 amide bonds. The Bertz CT molecular complexity index is 260. The van der Waals surface area contributed by atoms with E-state index in [1.807, 2.05) is 20.8 Å². The summed E-state index contributed by atoms with van der Waals surface area (Å²) in [4.78, 5) is 0. The molecule has 0 aliphatic carbocycles. The van der Waals surface area contributed by atoms with Gasteiger partial charge in [0.1, 0.15) is 0 Å². The highest BCUT2D eigenvalue weighted by Gasteiger charge is 2.21. The van der Waals surface area contributed by atoms with E-state index in [4.69, 9.17) is 4.42 Å². The van der Waals surface area contributed by atoms with Crippen molar-refractivity contribution in [2.24, 2.45) is 0 Å². The number of rotatable bonds is 0. The van der Waals surface area contributed by atoms with Crippen molar-refractivity contribution < 1.29 is 8.81 Å². The van der Waals surface area contributed by atoms with Gasteiger partial charge in [0.2, 0.25) is 0 Å². The van der Waals surface area contributed by atoms with Crippen molar-refractivity contribution in [1.82, 2.24) is 0 Å². The molecule has 1 heterocycles. The monoisotopic (exact) mass is 220 g/mol. The Morgan fingerprint density at radius 2 is 2.00 bits per heavy atom. The van der Waals surface area contributed by atoms with Crippen LogP contribution in [0.2, 0.25) is 0 Å². The lowest BCUT2D eigenvalue weighted by atomic mass is 9.89. The lowest BCUT2D eigenvalue weighted by molar-refractivity contribution is 0.345. The van der Waals surface area contributed by atoms with Gasteiger partial charge in [-0.05, 0) is 21.3 Å². The molecule has 0 fully saturated rings. The standard InChI is InChI=1S/C8H10BrFO/c1-8(2,3)5-4-6(10)11-7(5)9/h4H,1-3H3. The fourth-order valence-electron chi connectivity index (χ4n) is 0.852. The zero-order chi connectivity index (χ0) is 8.65. The maximum Gasteiger partial charge on any atom is 0.279 e. The van der Waals surface area contributed by atoms with Gasteiger partial charge in [-0.1, -0.05) is 20.8 Å². The number of halogens is 2. The second-order valence-corrected chi connectivity index (χ2v) is 4.21. The second kappa shape index (κ2) is 2.63. The largest absolute Gasteiger partial charge is 0.424 e. The highest BCUT2D eigenvalue weighted by Crippen LogP contribution is 2.31. The molecule has 11 heavy (non-hydrogen) atoms. The van der Waals surface area contributed by atoms with Crippen LogP contribution in [0, 0.1) is 6.01 Å². The van der Waals surface area contributed by atoms with Gasteiger partial charge in [0.15, 0.2) is 4.67 Å². The SMILES string of the molecule is CC(C)(C)c1cc(F)oc1Br. The average Bonchev–Trinajstić information content (AvgIpc) is 2.08. The second-order valence-electron chi connectivity index (χ2n) is 3.49. The first-order valence-corrected chi connectivity index (χ1v) is 4.16. The van der Waals surface area contributed by atoms with Gasteiger partial charge in [0, 0.05) is 11.6 Å². The minimum Gasteiger partial charge on any atom is -0.424 e. The molecule has 1 aromatic rings. The van der Waals surface area contributed by atoms with Crippen molar-refractivity contribution in [2.45, 2.75) is 26.2 Å². The Labute approximate surface area is 73.7 Å². The quantitative estimate of drug-likeness (QED) is 0.653. The Hall–Kier alpha value is -0.310. The molecule has 1 aromatic heterocycles. The van der Waals surface area contributed by atoms with Crippen LogP contribution in [0.5, 0.6) is 0 Å². The van der Waals surface area contributed by atoms with Gasteiger partial charge in [-0.25, -0.2) is 0 Å². The van der Waals surface area contributed by atoms with E-state index in [1.54, 1.807) is 0 Å². The highest BCUT2D eigenvalue weighted by molar-refractivity contribution is 9.10. The molecule has 1 nitrogen and oxygen atoms in total. The van der Waals surface area contributed by atoms with Gasteiger partial charge < -0.3 is 4.42 Å². The molecule has 1 rings (SSSR count). The van der Waals surface area contributed by atoms with E-state index >= 15 is 0 Å². The maximum absolute atomic E-state index is 12.5. The van der Waals surface area contributed by atoms with E-state index in [2.05, 4.69) is 15.9 Å². The summed E-state index contributed by atoms with van der Waals surface area (Å²) in [5, 5.41) is 0. The van der Waals surface area contributed by atoms with E-state index in [-0.39, 0.29) is 5.41 Å². The minimum atomic E-state index is -0.540. The first-order chi connectivity index (χ1) is 4.91. The van der Waals surface area contributed by atoms with E-state index in [1.165, 1.54) is 6.07 Å². The van der Waals surface area contributed by atoms with Crippen LogP contribution in [-0.2, 0) is 5.41 Å². The lowest BCUT2D eigenvalue weighted by Crippen LogP contribution is -2.10. The normalized spacial score (nSPS) is 12.1. The topological polar surface area (TPSA) is 13.1 Å². The number of hydrogen-bond donors (Lipinski definition) is 0. The number of hydrogen-bond acceptors (Lipinski definition) is 1. The van der Waals surface area contributed by atoms with Gasteiger partial charge in [-0.2, -0.15) is 4.39 Å². The van der Waals surface area contributed by atoms with Crippen molar-refractivity contribution in [3.05, 3.63) is 22.3 Å². The Morgan fingerprint density at radius 1 is 1.45 bits per heavy atom. The van der Waals surface area contributed by atoms with Crippen LogP contribution >= 0.6 is 15.9 Å². The van der Waals surface area contributed by atoms with E-state index in [0.717, 1.165) is 5.56 Å². The smallest absolute Gasteiger partial charge is 0.279 e. The first-order valence-electron chi connectivity index (χ1n) is 3.36. The molecule has 3 heteroatoms. The van der Waals surface area contributed by atoms with Crippen molar-refractivity contribution >= 4 is 15.9 Å². The van der Waals surface area contributed by atoms with Gasteiger partial charge in [-0.3, -0.25) is 0 Å². The summed E-state index contributed by atoms with van der Waals surface area (Å²) in [6.07, 6.45) is 0. The van der Waals surface area contributed by atoms with Gasteiger partial charge in [-0.15, -0.1) is 0 Å². The molecule has 0 aliphatic heterocycles. The molecule has 0 aliphatic rings. The van der Waals surface area contributed by atoms with Crippen LogP contribution in [0.15, 0.2) is 15.2 Å². The summed E-state index contributed by atoms with van der Waals surface area (Å²) < 4.78 is 17.7. The summed E-state index contributed by atoms with van der Waals surface area (Å²) >= 11 is 3.15. The van der Waals surface area contributed by atoms with E-state index in [9.17, 15) is 4.39 Å². The summed E-state index contributed by atoms with van der Waals surface area (Å²) in [5.41, 5.74) is 0.780. The molecule has 0 bridgehead atoms. The molecule has 0 N–H and O–H groups in total. The molecule has 62 valence electrons. The van der Waals surface area contributed by atoms with E-state index < -0.39 is 6.01 Å². The van der Waals surface area contributed by atoms with Gasteiger partial charge >= 0.3 is 0 Å². The van der Waals surface area contributed by atoms with Crippen LogP contribution in [0.4, 0.5) is 4.39 Å². The van der Waals surface area contributed by atoms with Crippen molar-refractivity contribution in [3.63, 3.8) is 0 Å². The maximum atomic E-state index is 12.5.